The zero-order chi connectivity index (χ0) is 14.1. The Kier molecular flexibility index (Phi) is 6.97. The van der Waals surface area contributed by atoms with Crippen LogP contribution in [0.2, 0.25) is 0 Å². The number of nitrogens with zero attached hydrogens (tertiary/aromatic N) is 1. The number of hydrogen-bond acceptors (Lipinski definition) is 3. The highest BCUT2D eigenvalue weighted by Gasteiger charge is 2.05. The number of carbonyl (C=O) groups is 1. The Bertz CT molecular complexity index is 376. The van der Waals surface area contributed by atoms with Gasteiger partial charge in [-0.15, -0.1) is 0 Å². The Morgan fingerprint density at radius 1 is 1.26 bits per heavy atom. The predicted octanol–water partition coefficient (Wildman–Crippen LogP) is 2.04. The van der Waals surface area contributed by atoms with Crippen LogP contribution < -0.4 is 10.1 Å². The maximum absolute atomic E-state index is 11.6. The second-order valence-electron chi connectivity index (χ2n) is 4.50. The van der Waals surface area contributed by atoms with Crippen molar-refractivity contribution in [3.05, 3.63) is 29.8 Å². The molecule has 0 bridgehead atoms. The Morgan fingerprint density at radius 2 is 1.95 bits per heavy atom. The van der Waals surface area contributed by atoms with Gasteiger partial charge in [0.05, 0.1) is 13.2 Å². The summed E-state index contributed by atoms with van der Waals surface area (Å²) in [6.07, 6.45) is 1.01. The zero-order valence-corrected chi connectivity index (χ0v) is 12.1. The first-order valence-electron chi connectivity index (χ1n) is 6.83. The van der Waals surface area contributed by atoms with E-state index < -0.39 is 0 Å². The van der Waals surface area contributed by atoms with Gasteiger partial charge in [0.25, 0.3) is 0 Å². The lowest BCUT2D eigenvalue weighted by atomic mass is 10.2. The van der Waals surface area contributed by atoms with Gasteiger partial charge in [0.2, 0.25) is 5.91 Å². The lowest BCUT2D eigenvalue weighted by Gasteiger charge is -2.14. The van der Waals surface area contributed by atoms with Gasteiger partial charge < -0.3 is 15.0 Å². The largest absolute Gasteiger partial charge is 0.494 e. The molecule has 0 saturated heterocycles. The maximum Gasteiger partial charge on any atom is 0.236 e. The minimum absolute atomic E-state index is 0.116. The SMILES string of the molecule is CCCOc1ccc(CNCC(=O)N(C)CC)cc1. The molecule has 0 unspecified atom stereocenters. The molecule has 1 amide bonds. The number of ether oxygens (including phenoxy) is 1. The van der Waals surface area contributed by atoms with Crippen molar-refractivity contribution in [2.75, 3.05) is 26.7 Å². The Balaban J connectivity index is 2.31. The molecule has 1 N–H and O–H groups in total. The van der Waals surface area contributed by atoms with Crippen LogP contribution in [-0.2, 0) is 11.3 Å². The normalized spacial score (nSPS) is 10.3. The topological polar surface area (TPSA) is 41.6 Å². The third-order valence-electron chi connectivity index (χ3n) is 2.90. The predicted molar refractivity (Wildman–Crippen MR) is 77.2 cm³/mol. The Morgan fingerprint density at radius 3 is 2.53 bits per heavy atom. The van der Waals surface area contributed by atoms with Gasteiger partial charge in [-0.2, -0.15) is 0 Å². The quantitative estimate of drug-likeness (QED) is 0.781. The standard InChI is InChI=1S/C15H24N2O2/c1-4-10-19-14-8-6-13(7-9-14)11-16-12-15(18)17(3)5-2/h6-9,16H,4-5,10-12H2,1-3H3. The molecule has 4 nitrogen and oxygen atoms in total. The fraction of sp³-hybridized carbons (Fsp3) is 0.533. The van der Waals surface area contributed by atoms with Gasteiger partial charge in [-0.1, -0.05) is 19.1 Å². The maximum atomic E-state index is 11.6. The molecule has 106 valence electrons. The van der Waals surface area contributed by atoms with Crippen LogP contribution in [-0.4, -0.2) is 37.6 Å². The van der Waals surface area contributed by atoms with E-state index in [0.717, 1.165) is 30.9 Å². The highest BCUT2D eigenvalue weighted by Crippen LogP contribution is 2.12. The molecule has 0 fully saturated rings. The van der Waals surface area contributed by atoms with Crippen LogP contribution >= 0.6 is 0 Å². The van der Waals surface area contributed by atoms with Gasteiger partial charge in [0.15, 0.2) is 0 Å². The highest BCUT2D eigenvalue weighted by atomic mass is 16.5. The van der Waals surface area contributed by atoms with E-state index in [1.807, 2.05) is 38.2 Å². The molecule has 0 aliphatic rings. The molecule has 1 rings (SSSR count). The van der Waals surface area contributed by atoms with Crippen molar-refractivity contribution in [2.24, 2.45) is 0 Å². The summed E-state index contributed by atoms with van der Waals surface area (Å²) >= 11 is 0. The molecule has 0 aromatic heterocycles. The molecule has 0 spiro atoms. The summed E-state index contributed by atoms with van der Waals surface area (Å²) in [7, 11) is 1.81. The number of benzene rings is 1. The van der Waals surface area contributed by atoms with Gasteiger partial charge in [0.1, 0.15) is 5.75 Å². The van der Waals surface area contributed by atoms with Crippen molar-refractivity contribution in [1.82, 2.24) is 10.2 Å². The monoisotopic (exact) mass is 264 g/mol. The molecule has 0 saturated carbocycles. The van der Waals surface area contributed by atoms with E-state index in [1.165, 1.54) is 0 Å². The van der Waals surface area contributed by atoms with Crippen molar-refractivity contribution in [1.29, 1.82) is 0 Å². The first kappa shape index (κ1) is 15.5. The molecule has 0 radical (unpaired) electrons. The lowest BCUT2D eigenvalue weighted by Crippen LogP contribution is -2.35. The molecule has 19 heavy (non-hydrogen) atoms. The van der Waals surface area contributed by atoms with Gasteiger partial charge in [-0.3, -0.25) is 4.79 Å². The van der Waals surface area contributed by atoms with Crippen molar-refractivity contribution < 1.29 is 9.53 Å². The van der Waals surface area contributed by atoms with Crippen LogP contribution in [0.4, 0.5) is 0 Å². The molecular weight excluding hydrogens is 240 g/mol. The summed E-state index contributed by atoms with van der Waals surface area (Å²) in [5.74, 6) is 1.01. The number of likely N-dealkylation sites (N-methyl/N-ethyl adjacent to an activating group) is 1. The van der Waals surface area contributed by atoms with Crippen molar-refractivity contribution >= 4 is 5.91 Å². The first-order valence-corrected chi connectivity index (χ1v) is 6.83. The van der Waals surface area contributed by atoms with Crippen molar-refractivity contribution in [2.45, 2.75) is 26.8 Å². The van der Waals surface area contributed by atoms with E-state index in [-0.39, 0.29) is 5.91 Å². The second-order valence-corrected chi connectivity index (χ2v) is 4.50. The molecule has 0 heterocycles. The Labute approximate surface area is 115 Å². The second kappa shape index (κ2) is 8.53. The third-order valence-corrected chi connectivity index (χ3v) is 2.90. The number of rotatable bonds is 8. The third kappa shape index (κ3) is 5.75. The lowest BCUT2D eigenvalue weighted by molar-refractivity contribution is -0.128. The molecule has 0 atom stereocenters. The highest BCUT2D eigenvalue weighted by molar-refractivity contribution is 5.77. The van der Waals surface area contributed by atoms with Crippen LogP contribution in [0, 0.1) is 0 Å². The van der Waals surface area contributed by atoms with Crippen LogP contribution in [0.5, 0.6) is 5.75 Å². The molecule has 0 aliphatic carbocycles. The molecule has 1 aromatic carbocycles. The van der Waals surface area contributed by atoms with E-state index in [1.54, 1.807) is 4.90 Å². The van der Waals surface area contributed by atoms with Crippen LogP contribution in [0.15, 0.2) is 24.3 Å². The Hall–Kier alpha value is -1.55. The van der Waals surface area contributed by atoms with E-state index in [0.29, 0.717) is 13.1 Å². The molecule has 0 aliphatic heterocycles. The molecular formula is C15H24N2O2. The van der Waals surface area contributed by atoms with Crippen LogP contribution in [0.3, 0.4) is 0 Å². The average Bonchev–Trinajstić information content (AvgIpc) is 2.45. The van der Waals surface area contributed by atoms with Gasteiger partial charge in [-0.25, -0.2) is 0 Å². The molecule has 4 heteroatoms. The van der Waals surface area contributed by atoms with E-state index >= 15 is 0 Å². The number of amides is 1. The smallest absolute Gasteiger partial charge is 0.236 e. The number of nitrogens with one attached hydrogen (secondary N) is 1. The fourth-order valence-electron chi connectivity index (χ4n) is 1.55. The minimum Gasteiger partial charge on any atom is -0.494 e. The zero-order valence-electron chi connectivity index (χ0n) is 12.1. The van der Waals surface area contributed by atoms with Gasteiger partial charge in [-0.05, 0) is 31.0 Å². The van der Waals surface area contributed by atoms with E-state index in [2.05, 4.69) is 12.2 Å². The fourth-order valence-corrected chi connectivity index (χ4v) is 1.55. The summed E-state index contributed by atoms with van der Waals surface area (Å²) in [5.41, 5.74) is 1.15. The van der Waals surface area contributed by atoms with Crippen LogP contribution in [0.1, 0.15) is 25.8 Å². The number of hydrogen-bond donors (Lipinski definition) is 1. The van der Waals surface area contributed by atoms with Gasteiger partial charge >= 0.3 is 0 Å². The summed E-state index contributed by atoms with van der Waals surface area (Å²) in [6, 6.07) is 7.97. The minimum atomic E-state index is 0.116. The van der Waals surface area contributed by atoms with Crippen molar-refractivity contribution in [3.63, 3.8) is 0 Å². The molecule has 1 aromatic rings. The average molecular weight is 264 g/mol. The first-order chi connectivity index (χ1) is 9.17. The van der Waals surface area contributed by atoms with Crippen molar-refractivity contribution in [3.8, 4) is 5.75 Å². The van der Waals surface area contributed by atoms with Gasteiger partial charge in [0, 0.05) is 20.1 Å². The number of carbonyl (C=O) groups excluding carboxylic acids is 1. The summed E-state index contributed by atoms with van der Waals surface area (Å²) in [5, 5.41) is 3.15. The summed E-state index contributed by atoms with van der Waals surface area (Å²) in [6.45, 7) is 6.60. The van der Waals surface area contributed by atoms with E-state index in [9.17, 15) is 4.79 Å². The van der Waals surface area contributed by atoms with Crippen LogP contribution in [0.25, 0.3) is 0 Å². The summed E-state index contributed by atoms with van der Waals surface area (Å²) < 4.78 is 5.52. The summed E-state index contributed by atoms with van der Waals surface area (Å²) in [4.78, 5) is 13.3. The van der Waals surface area contributed by atoms with E-state index in [4.69, 9.17) is 4.74 Å².